The van der Waals surface area contributed by atoms with Crippen LogP contribution < -0.4 is 10.2 Å². The molecule has 36 heavy (non-hydrogen) atoms. The zero-order chi connectivity index (χ0) is 26.0. The lowest BCUT2D eigenvalue weighted by atomic mass is 9.77. The maximum atomic E-state index is 14.9. The molecule has 8 nitrogen and oxygen atoms in total. The Morgan fingerprint density at radius 3 is 2.67 bits per heavy atom. The van der Waals surface area contributed by atoms with Gasteiger partial charge in [0.1, 0.15) is 18.2 Å². The second-order valence-corrected chi connectivity index (χ2v) is 10.7. The largest absolute Gasteiger partial charge is 0.447 e. The number of cyclic esters (lactones) is 1. The highest BCUT2D eigenvalue weighted by Gasteiger charge is 2.37. The molecule has 1 aliphatic heterocycles. The summed E-state index contributed by atoms with van der Waals surface area (Å²) in [6, 6.07) is 5.84. The van der Waals surface area contributed by atoms with Crippen LogP contribution >= 0.6 is 0 Å². The summed E-state index contributed by atoms with van der Waals surface area (Å²) in [7, 11) is 0. The van der Waals surface area contributed by atoms with E-state index in [0.29, 0.717) is 36.8 Å². The summed E-state index contributed by atoms with van der Waals surface area (Å²) in [5.41, 5.74) is 0.0772. The molecule has 0 radical (unpaired) electrons. The van der Waals surface area contributed by atoms with Crippen molar-refractivity contribution >= 4 is 23.6 Å². The molecule has 2 fully saturated rings. The quantitative estimate of drug-likeness (QED) is 0.477. The van der Waals surface area contributed by atoms with E-state index in [1.807, 2.05) is 27.7 Å². The molecular formula is C27H35FN4O4. The normalized spacial score (nSPS) is 25.1. The van der Waals surface area contributed by atoms with Crippen LogP contribution in [0.3, 0.4) is 0 Å². The Balaban J connectivity index is 1.41. The van der Waals surface area contributed by atoms with Crippen molar-refractivity contribution in [1.29, 1.82) is 0 Å². The first-order valence-electron chi connectivity index (χ1n) is 12.6. The number of Topliss-reactive ketones (excluding diaryl/α,β-unsaturated/α-hetero) is 1. The lowest BCUT2D eigenvalue weighted by Crippen LogP contribution is -2.37. The van der Waals surface area contributed by atoms with Crippen molar-refractivity contribution in [3.63, 3.8) is 0 Å². The van der Waals surface area contributed by atoms with E-state index < -0.39 is 17.5 Å². The molecule has 1 amide bonds. The van der Waals surface area contributed by atoms with Crippen LogP contribution in [0, 0.1) is 17.7 Å². The number of hydrogen-bond donors (Lipinski definition) is 2. The van der Waals surface area contributed by atoms with Crippen LogP contribution in [0.15, 0.2) is 30.5 Å². The average Bonchev–Trinajstić information content (AvgIpc) is 3.22. The van der Waals surface area contributed by atoms with E-state index in [2.05, 4.69) is 15.3 Å². The number of carbonyl (C=O) groups excluding carboxylic acids is 2. The summed E-state index contributed by atoms with van der Waals surface area (Å²) in [4.78, 5) is 35.3. The van der Waals surface area contributed by atoms with E-state index in [0.717, 1.165) is 12.8 Å². The third-order valence-corrected chi connectivity index (χ3v) is 7.36. The van der Waals surface area contributed by atoms with Gasteiger partial charge in [0.2, 0.25) is 5.95 Å². The molecule has 1 aromatic heterocycles. The molecule has 2 aliphatic rings. The number of ketones is 1. The van der Waals surface area contributed by atoms with Crippen LogP contribution in [0.2, 0.25) is 0 Å². The number of aromatic nitrogens is 2. The minimum atomic E-state index is -0.660. The summed E-state index contributed by atoms with van der Waals surface area (Å²) < 4.78 is 20.1. The van der Waals surface area contributed by atoms with Gasteiger partial charge in [-0.3, -0.25) is 9.69 Å². The molecule has 1 saturated carbocycles. The summed E-state index contributed by atoms with van der Waals surface area (Å²) in [6.07, 6.45) is 4.28. The first-order chi connectivity index (χ1) is 17.0. The average molecular weight is 499 g/mol. The van der Waals surface area contributed by atoms with Crippen LogP contribution in [0.1, 0.15) is 81.8 Å². The van der Waals surface area contributed by atoms with Crippen molar-refractivity contribution in [2.75, 3.05) is 16.8 Å². The third-order valence-electron chi connectivity index (χ3n) is 7.36. The molecule has 2 heterocycles. The molecular weight excluding hydrogens is 463 g/mol. The van der Waals surface area contributed by atoms with Crippen molar-refractivity contribution in [2.24, 2.45) is 11.8 Å². The molecule has 1 saturated heterocycles. The Hall–Kier alpha value is -3.07. The maximum absolute atomic E-state index is 14.9. The summed E-state index contributed by atoms with van der Waals surface area (Å²) in [5, 5.41) is 13.3. The smallest absolute Gasteiger partial charge is 0.415 e. The van der Waals surface area contributed by atoms with Gasteiger partial charge in [0.05, 0.1) is 23.2 Å². The number of carbonyl (C=O) groups is 2. The number of rotatable bonds is 8. The monoisotopic (exact) mass is 498 g/mol. The zero-order valence-electron chi connectivity index (χ0n) is 21.3. The van der Waals surface area contributed by atoms with E-state index in [1.165, 1.54) is 17.0 Å². The molecule has 2 atom stereocenters. The SMILES string of the molecule is CC(C)[C@H]1COC(=O)N1c1ccnc(N[C@@H](C)c2ccc(C(=O)CC3CCC(C)(O)CC3)c(F)c2)n1. The van der Waals surface area contributed by atoms with E-state index in [1.54, 1.807) is 18.3 Å². The highest BCUT2D eigenvalue weighted by molar-refractivity contribution is 5.96. The van der Waals surface area contributed by atoms with Crippen LogP contribution in [0.4, 0.5) is 21.0 Å². The maximum Gasteiger partial charge on any atom is 0.415 e. The number of amides is 1. The molecule has 2 N–H and O–H groups in total. The fourth-order valence-electron chi connectivity index (χ4n) is 4.92. The molecule has 1 aromatic carbocycles. The fourth-order valence-corrected chi connectivity index (χ4v) is 4.92. The van der Waals surface area contributed by atoms with Gasteiger partial charge in [-0.2, -0.15) is 4.98 Å². The minimum absolute atomic E-state index is 0.0915. The fraction of sp³-hybridized carbons (Fsp3) is 0.556. The molecule has 0 bridgehead atoms. The molecule has 0 spiro atoms. The first-order valence-corrected chi connectivity index (χ1v) is 12.6. The van der Waals surface area contributed by atoms with Gasteiger partial charge in [-0.15, -0.1) is 0 Å². The van der Waals surface area contributed by atoms with Gasteiger partial charge in [0.15, 0.2) is 5.78 Å². The standard InChI is InChI=1S/C27H35FN4O4/c1-16(2)22-15-36-26(34)32(22)24-9-12-29-25(31-24)30-17(3)19-5-6-20(21(28)14-19)23(33)13-18-7-10-27(4,35)11-8-18/h5-6,9,12,14,16-18,22,35H,7-8,10-11,13,15H2,1-4H3,(H,29,30,31)/t17-,18?,22+,27?/m0/s1. The number of anilines is 2. The number of benzene rings is 1. The second-order valence-electron chi connectivity index (χ2n) is 10.7. The minimum Gasteiger partial charge on any atom is -0.447 e. The van der Waals surface area contributed by atoms with Gasteiger partial charge >= 0.3 is 6.09 Å². The van der Waals surface area contributed by atoms with Crippen molar-refractivity contribution in [3.05, 3.63) is 47.4 Å². The third kappa shape index (κ3) is 5.83. The molecule has 4 rings (SSSR count). The van der Waals surface area contributed by atoms with Gasteiger partial charge in [-0.25, -0.2) is 14.2 Å². The predicted molar refractivity (Wildman–Crippen MR) is 134 cm³/mol. The van der Waals surface area contributed by atoms with Gasteiger partial charge in [-0.05, 0) is 75.1 Å². The number of halogens is 1. The Labute approximate surface area is 211 Å². The van der Waals surface area contributed by atoms with Crippen LogP contribution in [0.25, 0.3) is 0 Å². The Bertz CT molecular complexity index is 1110. The Kier molecular flexibility index (Phi) is 7.59. The van der Waals surface area contributed by atoms with Crippen LogP contribution in [-0.4, -0.2) is 45.2 Å². The topological polar surface area (TPSA) is 105 Å². The van der Waals surface area contributed by atoms with Gasteiger partial charge in [-0.1, -0.05) is 19.9 Å². The van der Waals surface area contributed by atoms with E-state index in [-0.39, 0.29) is 41.7 Å². The Morgan fingerprint density at radius 1 is 1.28 bits per heavy atom. The highest BCUT2D eigenvalue weighted by Crippen LogP contribution is 2.34. The number of nitrogens with zero attached hydrogens (tertiary/aromatic N) is 3. The second kappa shape index (κ2) is 10.5. The number of aliphatic hydroxyl groups is 1. The molecule has 194 valence electrons. The van der Waals surface area contributed by atoms with Crippen molar-refractivity contribution in [1.82, 2.24) is 9.97 Å². The van der Waals surface area contributed by atoms with Gasteiger partial charge in [0.25, 0.3) is 0 Å². The number of hydrogen-bond acceptors (Lipinski definition) is 7. The van der Waals surface area contributed by atoms with Crippen molar-refractivity contribution in [2.45, 2.75) is 77.5 Å². The Morgan fingerprint density at radius 2 is 2.00 bits per heavy atom. The molecule has 1 aliphatic carbocycles. The summed E-state index contributed by atoms with van der Waals surface area (Å²) in [6.45, 7) is 8.02. The van der Waals surface area contributed by atoms with Crippen LogP contribution in [-0.2, 0) is 4.74 Å². The van der Waals surface area contributed by atoms with Gasteiger partial charge < -0.3 is 15.2 Å². The van der Waals surface area contributed by atoms with E-state index in [9.17, 15) is 19.1 Å². The first kappa shape index (κ1) is 26.0. The van der Waals surface area contributed by atoms with Crippen LogP contribution in [0.5, 0.6) is 0 Å². The predicted octanol–water partition coefficient (Wildman–Crippen LogP) is 5.28. The zero-order valence-corrected chi connectivity index (χ0v) is 21.3. The highest BCUT2D eigenvalue weighted by atomic mass is 19.1. The lowest BCUT2D eigenvalue weighted by Gasteiger charge is -2.32. The molecule has 0 unspecified atom stereocenters. The van der Waals surface area contributed by atoms with Crippen molar-refractivity contribution in [3.8, 4) is 0 Å². The summed E-state index contributed by atoms with van der Waals surface area (Å²) in [5.74, 6) is 0.347. The number of ether oxygens (including phenoxy) is 1. The lowest BCUT2D eigenvalue weighted by molar-refractivity contribution is 0.00719. The molecule has 9 heteroatoms. The van der Waals surface area contributed by atoms with E-state index in [4.69, 9.17) is 4.74 Å². The van der Waals surface area contributed by atoms with E-state index >= 15 is 0 Å². The van der Waals surface area contributed by atoms with Crippen molar-refractivity contribution < 1.29 is 23.8 Å². The molecule has 2 aromatic rings. The number of nitrogens with one attached hydrogen (secondary N) is 1. The van der Waals surface area contributed by atoms with Gasteiger partial charge in [0, 0.05) is 12.6 Å². The summed E-state index contributed by atoms with van der Waals surface area (Å²) >= 11 is 0.